The zero-order valence-electron chi connectivity index (χ0n) is 24.1. The minimum Gasteiger partial charge on any atom is -0.517 e. The lowest BCUT2D eigenvalue weighted by Crippen LogP contribution is -2.59. The van der Waals surface area contributed by atoms with Crippen molar-refractivity contribution in [2.24, 2.45) is 0 Å². The molecule has 3 aliphatic heterocycles. The summed E-state index contributed by atoms with van der Waals surface area (Å²) in [5.41, 5.74) is 1.66. The van der Waals surface area contributed by atoms with Crippen LogP contribution in [0.25, 0.3) is 43.6 Å². The second-order valence-electron chi connectivity index (χ2n) is 13.5. The van der Waals surface area contributed by atoms with E-state index >= 15 is 0 Å². The summed E-state index contributed by atoms with van der Waals surface area (Å²) in [4.78, 5) is 27.7. The summed E-state index contributed by atoms with van der Waals surface area (Å²) in [6, 6.07) is 16.0. The third-order valence-corrected chi connectivity index (χ3v) is 14.6. The Kier molecular flexibility index (Phi) is 4.52. The molecule has 0 aliphatic carbocycles. The Balaban J connectivity index is 1.54. The first-order valence-electron chi connectivity index (χ1n) is 14.2. The van der Waals surface area contributed by atoms with Gasteiger partial charge in [0.25, 0.3) is 14.2 Å². The average molecular weight is 568 g/mol. The van der Waals surface area contributed by atoms with Crippen LogP contribution in [0.5, 0.6) is 0 Å². The smallest absolute Gasteiger partial charge is 0.330 e. The Bertz CT molecular complexity index is 2030. The van der Waals surface area contributed by atoms with E-state index in [0.29, 0.717) is 12.1 Å². The van der Waals surface area contributed by atoms with Gasteiger partial charge in [-0.2, -0.15) is 0 Å². The summed E-state index contributed by atoms with van der Waals surface area (Å²) in [6.45, 7) is 12.5. The molecule has 5 heterocycles. The van der Waals surface area contributed by atoms with Crippen molar-refractivity contribution in [3.8, 4) is 0 Å². The predicted octanol–water partition coefficient (Wildman–Crippen LogP) is 6.03. The number of carbonyl (C=O) groups is 2. The molecule has 3 aromatic carbocycles. The molecule has 1 fully saturated rings. The normalized spacial score (nSPS) is 25.4. The SMILES string of the molecule is CC12OC(CC1(O)C(=O)O[Si](C)(C)C(C)(C)C)n1c3ccccc3c3c4c(c5c6ccccc6n2c5c31)CNC4=O. The lowest BCUT2D eigenvalue weighted by atomic mass is 9.89. The maximum atomic E-state index is 14.3. The molecule has 5 aromatic rings. The van der Waals surface area contributed by atoms with Crippen molar-refractivity contribution in [2.45, 2.75) is 76.3 Å². The molecule has 8 nitrogen and oxygen atoms in total. The lowest BCUT2D eigenvalue weighted by Gasteiger charge is -2.42. The van der Waals surface area contributed by atoms with E-state index in [0.717, 1.165) is 49.2 Å². The fourth-order valence-electron chi connectivity index (χ4n) is 7.19. The standard InChI is InChI=1S/C32H33N3O5Si/c1-30(2,3)41(5,6)40-29(37)32(38)15-22-34-20-13-9-7-11-17(20)24-25-19(16-33-28(25)36)23-18-12-8-10-14-21(18)35(27(23)26(24)34)31(32,4)39-22/h7-14,22,38H,15-16H2,1-6H3,(H,33,36). The van der Waals surface area contributed by atoms with Gasteiger partial charge in [-0.3, -0.25) is 9.59 Å². The molecule has 1 saturated heterocycles. The van der Waals surface area contributed by atoms with Crippen molar-refractivity contribution in [3.05, 3.63) is 59.7 Å². The van der Waals surface area contributed by atoms with Crippen LogP contribution in [-0.2, 0) is 26.2 Å². The molecule has 3 aliphatic rings. The number of aliphatic hydroxyl groups is 1. The van der Waals surface area contributed by atoms with Gasteiger partial charge in [0.05, 0.1) is 27.6 Å². The van der Waals surface area contributed by atoms with Gasteiger partial charge in [-0.05, 0) is 42.8 Å². The van der Waals surface area contributed by atoms with Crippen molar-refractivity contribution in [2.75, 3.05) is 0 Å². The second-order valence-corrected chi connectivity index (χ2v) is 18.2. The van der Waals surface area contributed by atoms with Gasteiger partial charge in [-0.25, -0.2) is 0 Å². The third-order valence-electron chi connectivity index (χ3n) is 10.3. The number of amides is 1. The average Bonchev–Trinajstić information content (AvgIpc) is 3.60. The molecule has 0 radical (unpaired) electrons. The number of fused-ring (bicyclic) bond motifs is 13. The Labute approximate surface area is 237 Å². The van der Waals surface area contributed by atoms with Gasteiger partial charge in [0, 0.05) is 34.5 Å². The van der Waals surface area contributed by atoms with Crippen molar-refractivity contribution in [1.82, 2.24) is 14.5 Å². The quantitative estimate of drug-likeness (QED) is 0.254. The van der Waals surface area contributed by atoms with E-state index in [-0.39, 0.29) is 17.4 Å². The first kappa shape index (κ1) is 25.1. The molecule has 2 N–H and O–H groups in total. The van der Waals surface area contributed by atoms with Crippen molar-refractivity contribution >= 4 is 63.8 Å². The number of aromatic nitrogens is 2. The number of hydrogen-bond acceptors (Lipinski definition) is 5. The second kappa shape index (κ2) is 7.39. The number of carbonyl (C=O) groups excluding carboxylic acids is 2. The van der Waals surface area contributed by atoms with Gasteiger partial charge in [0.2, 0.25) is 5.60 Å². The molecule has 2 bridgehead atoms. The van der Waals surface area contributed by atoms with Crippen molar-refractivity contribution in [3.63, 3.8) is 0 Å². The highest BCUT2D eigenvalue weighted by Crippen LogP contribution is 2.58. The van der Waals surface area contributed by atoms with Gasteiger partial charge in [-0.1, -0.05) is 57.2 Å². The van der Waals surface area contributed by atoms with E-state index in [2.05, 4.69) is 30.7 Å². The van der Waals surface area contributed by atoms with Crippen LogP contribution >= 0.6 is 0 Å². The Morgan fingerprint density at radius 1 is 1.05 bits per heavy atom. The van der Waals surface area contributed by atoms with E-state index in [4.69, 9.17) is 9.16 Å². The van der Waals surface area contributed by atoms with Crippen LogP contribution in [0.15, 0.2) is 48.5 Å². The molecule has 8 rings (SSSR count). The Hall–Kier alpha value is -3.66. The van der Waals surface area contributed by atoms with Gasteiger partial charge in [-0.15, -0.1) is 0 Å². The maximum absolute atomic E-state index is 14.3. The lowest BCUT2D eigenvalue weighted by molar-refractivity contribution is -0.198. The number of benzene rings is 3. The van der Waals surface area contributed by atoms with Crippen LogP contribution in [-0.4, -0.2) is 40.0 Å². The zero-order chi connectivity index (χ0) is 28.9. The summed E-state index contributed by atoms with van der Waals surface area (Å²) in [5, 5.41) is 19.2. The van der Waals surface area contributed by atoms with Crippen LogP contribution in [0.2, 0.25) is 18.1 Å². The summed E-state index contributed by atoms with van der Waals surface area (Å²) in [5.74, 6) is -0.730. The molecule has 9 heteroatoms. The van der Waals surface area contributed by atoms with E-state index in [1.54, 1.807) is 0 Å². The molecule has 0 saturated carbocycles. The van der Waals surface area contributed by atoms with E-state index in [1.165, 1.54) is 0 Å². The first-order chi connectivity index (χ1) is 19.3. The molecule has 0 spiro atoms. The van der Waals surface area contributed by atoms with Crippen molar-refractivity contribution < 1.29 is 23.9 Å². The first-order valence-corrected chi connectivity index (χ1v) is 17.1. The molecule has 1 amide bonds. The Morgan fingerprint density at radius 2 is 1.68 bits per heavy atom. The monoisotopic (exact) mass is 567 g/mol. The van der Waals surface area contributed by atoms with E-state index < -0.39 is 31.8 Å². The number of nitrogens with one attached hydrogen (secondary N) is 1. The molecular weight excluding hydrogens is 534 g/mol. The number of ether oxygens (including phenoxy) is 1. The van der Waals surface area contributed by atoms with Crippen molar-refractivity contribution in [1.29, 1.82) is 0 Å². The van der Waals surface area contributed by atoms with Crippen LogP contribution in [0, 0.1) is 0 Å². The molecule has 3 atom stereocenters. The van der Waals surface area contributed by atoms with Gasteiger partial charge in [0.15, 0.2) is 5.72 Å². The van der Waals surface area contributed by atoms with Crippen LogP contribution in [0.4, 0.5) is 0 Å². The van der Waals surface area contributed by atoms with Crippen LogP contribution in [0.3, 0.4) is 0 Å². The molecule has 2 aromatic heterocycles. The molecule has 3 unspecified atom stereocenters. The summed E-state index contributed by atoms with van der Waals surface area (Å²) in [6.07, 6.45) is -0.648. The number of rotatable bonds is 2. The minimum absolute atomic E-state index is 0.0153. The largest absolute Gasteiger partial charge is 0.517 e. The summed E-state index contributed by atoms with van der Waals surface area (Å²) < 4.78 is 17.3. The highest BCUT2D eigenvalue weighted by molar-refractivity contribution is 6.75. The van der Waals surface area contributed by atoms with E-state index in [9.17, 15) is 14.7 Å². The van der Waals surface area contributed by atoms with Gasteiger partial charge < -0.3 is 28.7 Å². The highest BCUT2D eigenvalue weighted by atomic mass is 28.4. The maximum Gasteiger partial charge on any atom is 0.330 e. The van der Waals surface area contributed by atoms with E-state index in [1.807, 2.05) is 73.1 Å². The van der Waals surface area contributed by atoms with Crippen LogP contribution < -0.4 is 5.32 Å². The Morgan fingerprint density at radius 3 is 2.37 bits per heavy atom. The minimum atomic E-state index is -2.57. The number of hydrogen-bond donors (Lipinski definition) is 2. The van der Waals surface area contributed by atoms with Gasteiger partial charge >= 0.3 is 5.97 Å². The topological polar surface area (TPSA) is 94.7 Å². The highest BCUT2D eigenvalue weighted by Gasteiger charge is 2.66. The summed E-state index contributed by atoms with van der Waals surface area (Å²) in [7, 11) is -2.57. The predicted molar refractivity (Wildman–Crippen MR) is 160 cm³/mol. The third kappa shape index (κ3) is 2.77. The zero-order valence-corrected chi connectivity index (χ0v) is 25.1. The van der Waals surface area contributed by atoms with Gasteiger partial charge in [0.1, 0.15) is 6.23 Å². The molecule has 41 heavy (non-hydrogen) atoms. The van der Waals surface area contributed by atoms with Crippen LogP contribution in [0.1, 0.15) is 56.3 Å². The fraction of sp³-hybridized carbons (Fsp3) is 0.375. The number of para-hydroxylation sites is 2. The fourth-order valence-corrected chi connectivity index (χ4v) is 8.13. The molecule has 210 valence electrons. The number of nitrogens with zero attached hydrogens (tertiary/aromatic N) is 2. The summed E-state index contributed by atoms with van der Waals surface area (Å²) >= 11 is 0. The molecular formula is C32H33N3O5Si.